The second-order valence-corrected chi connectivity index (χ2v) is 3.96. The van der Waals surface area contributed by atoms with Crippen LogP contribution in [0.3, 0.4) is 0 Å². The van der Waals surface area contributed by atoms with Gasteiger partial charge in [0.1, 0.15) is 5.82 Å². The summed E-state index contributed by atoms with van der Waals surface area (Å²) >= 11 is 0. The maximum atomic E-state index is 5.05. The quantitative estimate of drug-likeness (QED) is 0.745. The molecule has 16 heavy (non-hydrogen) atoms. The minimum absolute atomic E-state index is 0.738. The van der Waals surface area contributed by atoms with Gasteiger partial charge in [-0.05, 0) is 12.3 Å². The van der Waals surface area contributed by atoms with Gasteiger partial charge >= 0.3 is 0 Å². The van der Waals surface area contributed by atoms with E-state index in [9.17, 15) is 0 Å². The molecular formula is C13H26N2O. The van der Waals surface area contributed by atoms with Crippen molar-refractivity contribution >= 4 is 0 Å². The van der Waals surface area contributed by atoms with E-state index in [0.717, 1.165) is 25.5 Å². The number of rotatable bonds is 6. The Balaban J connectivity index is 0.00000106. The third-order valence-electron chi connectivity index (χ3n) is 2.28. The molecule has 0 aromatic carbocycles. The lowest BCUT2D eigenvalue weighted by Crippen LogP contribution is -2.08. The summed E-state index contributed by atoms with van der Waals surface area (Å²) in [4.78, 5) is 4.35. The molecule has 0 spiro atoms. The van der Waals surface area contributed by atoms with Crippen LogP contribution in [-0.4, -0.2) is 23.3 Å². The lowest BCUT2D eigenvalue weighted by molar-refractivity contribution is 0.186. The van der Waals surface area contributed by atoms with Crippen molar-refractivity contribution in [2.75, 3.05) is 13.7 Å². The van der Waals surface area contributed by atoms with Gasteiger partial charge in [0.05, 0.1) is 6.61 Å². The third-order valence-corrected chi connectivity index (χ3v) is 2.28. The van der Waals surface area contributed by atoms with E-state index in [4.69, 9.17) is 4.74 Å². The molecule has 0 bridgehead atoms. The fourth-order valence-electron chi connectivity index (χ4n) is 1.38. The summed E-state index contributed by atoms with van der Waals surface area (Å²) < 4.78 is 7.22. The number of hydrogen-bond acceptors (Lipinski definition) is 2. The van der Waals surface area contributed by atoms with Gasteiger partial charge in [-0.25, -0.2) is 4.98 Å². The summed E-state index contributed by atoms with van der Waals surface area (Å²) in [5, 5.41) is 0. The molecule has 0 saturated heterocycles. The summed E-state index contributed by atoms with van der Waals surface area (Å²) in [7, 11) is 1.73. The number of aryl methyl sites for hydroxylation is 1. The minimum atomic E-state index is 0.738. The first-order chi connectivity index (χ1) is 7.74. The van der Waals surface area contributed by atoms with E-state index < -0.39 is 0 Å². The molecule has 94 valence electrons. The second kappa shape index (κ2) is 9.40. The van der Waals surface area contributed by atoms with Crippen LogP contribution in [-0.2, 0) is 17.7 Å². The van der Waals surface area contributed by atoms with Crippen molar-refractivity contribution in [2.45, 2.75) is 47.1 Å². The van der Waals surface area contributed by atoms with Crippen molar-refractivity contribution < 1.29 is 4.74 Å². The molecule has 1 aromatic heterocycles. The van der Waals surface area contributed by atoms with Gasteiger partial charge in [0.15, 0.2) is 0 Å². The van der Waals surface area contributed by atoms with E-state index in [2.05, 4.69) is 23.4 Å². The Morgan fingerprint density at radius 1 is 1.38 bits per heavy atom. The topological polar surface area (TPSA) is 27.1 Å². The van der Waals surface area contributed by atoms with E-state index in [1.807, 2.05) is 26.2 Å². The normalized spacial score (nSPS) is 10.1. The molecule has 0 amide bonds. The molecule has 1 rings (SSSR count). The Hall–Kier alpha value is -0.830. The first-order valence-corrected chi connectivity index (χ1v) is 6.23. The van der Waals surface area contributed by atoms with Crippen LogP contribution in [0.2, 0.25) is 0 Å². The van der Waals surface area contributed by atoms with Crippen LogP contribution in [0.4, 0.5) is 0 Å². The van der Waals surface area contributed by atoms with E-state index in [1.54, 1.807) is 7.11 Å². The van der Waals surface area contributed by atoms with Crippen molar-refractivity contribution in [1.82, 2.24) is 9.55 Å². The summed E-state index contributed by atoms with van der Waals surface area (Å²) in [6.45, 7) is 10.1. The fourth-order valence-corrected chi connectivity index (χ4v) is 1.38. The van der Waals surface area contributed by atoms with Crippen molar-refractivity contribution in [3.05, 3.63) is 18.2 Å². The lowest BCUT2D eigenvalue weighted by Gasteiger charge is -2.08. The van der Waals surface area contributed by atoms with Gasteiger partial charge in [0, 0.05) is 32.5 Å². The van der Waals surface area contributed by atoms with Crippen LogP contribution in [0.1, 0.15) is 39.9 Å². The number of aromatic nitrogens is 2. The van der Waals surface area contributed by atoms with Crippen LogP contribution in [0.25, 0.3) is 0 Å². The molecule has 0 radical (unpaired) electrons. The zero-order chi connectivity index (χ0) is 12.4. The fraction of sp³-hybridized carbons (Fsp3) is 0.769. The van der Waals surface area contributed by atoms with Crippen molar-refractivity contribution in [2.24, 2.45) is 5.92 Å². The van der Waals surface area contributed by atoms with E-state index >= 15 is 0 Å². The molecule has 0 unspecified atom stereocenters. The van der Waals surface area contributed by atoms with E-state index in [-0.39, 0.29) is 0 Å². The van der Waals surface area contributed by atoms with Gasteiger partial charge in [-0.2, -0.15) is 0 Å². The van der Waals surface area contributed by atoms with Gasteiger partial charge < -0.3 is 9.30 Å². The molecule has 0 atom stereocenters. The number of imidazole rings is 1. The minimum Gasteiger partial charge on any atom is -0.383 e. The van der Waals surface area contributed by atoms with Crippen LogP contribution in [0.5, 0.6) is 0 Å². The van der Waals surface area contributed by atoms with Gasteiger partial charge in [-0.1, -0.05) is 27.7 Å². The average molecular weight is 226 g/mol. The van der Waals surface area contributed by atoms with Gasteiger partial charge in [-0.15, -0.1) is 0 Å². The number of hydrogen-bond donors (Lipinski definition) is 0. The van der Waals surface area contributed by atoms with Crippen molar-refractivity contribution in [3.63, 3.8) is 0 Å². The Labute approximate surface area is 99.8 Å². The Bertz CT molecular complexity index is 256. The zero-order valence-corrected chi connectivity index (χ0v) is 11.4. The largest absolute Gasteiger partial charge is 0.383 e. The van der Waals surface area contributed by atoms with Crippen LogP contribution < -0.4 is 0 Å². The molecule has 3 heteroatoms. The highest BCUT2D eigenvalue weighted by Gasteiger charge is 2.03. The molecule has 1 heterocycles. The first-order valence-electron chi connectivity index (χ1n) is 6.23. The predicted octanol–water partition coefficient (Wildman–Crippen LogP) is 3.14. The third kappa shape index (κ3) is 5.91. The van der Waals surface area contributed by atoms with E-state index in [1.165, 1.54) is 12.2 Å². The molecule has 3 nitrogen and oxygen atoms in total. The Morgan fingerprint density at radius 3 is 2.62 bits per heavy atom. The van der Waals surface area contributed by atoms with Crippen molar-refractivity contribution in [3.8, 4) is 0 Å². The lowest BCUT2D eigenvalue weighted by atomic mass is 10.1. The molecule has 0 aliphatic heterocycles. The zero-order valence-electron chi connectivity index (χ0n) is 11.4. The molecule has 0 aliphatic rings. The maximum absolute atomic E-state index is 5.05. The molecule has 0 saturated carbocycles. The summed E-state index contributed by atoms with van der Waals surface area (Å²) in [6, 6.07) is 0. The summed E-state index contributed by atoms with van der Waals surface area (Å²) in [6.07, 6.45) is 6.15. The molecule has 0 fully saturated rings. The molecule has 0 aliphatic carbocycles. The Kier molecular flexibility index (Phi) is 8.91. The number of methoxy groups -OCH3 is 1. The average Bonchev–Trinajstić information content (AvgIpc) is 2.73. The molecule has 1 aromatic rings. The first kappa shape index (κ1) is 15.2. The van der Waals surface area contributed by atoms with Gasteiger partial charge in [-0.3, -0.25) is 0 Å². The summed E-state index contributed by atoms with van der Waals surface area (Å²) in [5.74, 6) is 1.92. The second-order valence-electron chi connectivity index (χ2n) is 3.96. The van der Waals surface area contributed by atoms with Crippen LogP contribution >= 0.6 is 0 Å². The highest BCUT2D eigenvalue weighted by atomic mass is 16.5. The molecule has 0 N–H and O–H groups in total. The van der Waals surface area contributed by atoms with Crippen LogP contribution in [0.15, 0.2) is 12.4 Å². The smallest absolute Gasteiger partial charge is 0.108 e. The van der Waals surface area contributed by atoms with Crippen LogP contribution in [0, 0.1) is 5.92 Å². The monoisotopic (exact) mass is 226 g/mol. The van der Waals surface area contributed by atoms with Gasteiger partial charge in [0.25, 0.3) is 0 Å². The molecular weight excluding hydrogens is 200 g/mol. The maximum Gasteiger partial charge on any atom is 0.108 e. The predicted molar refractivity (Wildman–Crippen MR) is 68.6 cm³/mol. The van der Waals surface area contributed by atoms with Gasteiger partial charge in [0.2, 0.25) is 0 Å². The Morgan fingerprint density at radius 2 is 2.06 bits per heavy atom. The highest BCUT2D eigenvalue weighted by molar-refractivity contribution is 4.92. The SMILES string of the molecule is CC.COCCn1ccnc1CCC(C)C. The standard InChI is InChI=1S/C11H20N2O.C2H6/c1-10(2)4-5-11-12-6-7-13(11)8-9-14-3;1-2/h6-7,10H,4-5,8-9H2,1-3H3;1-2H3. The van der Waals surface area contributed by atoms with Crippen molar-refractivity contribution in [1.29, 1.82) is 0 Å². The highest BCUT2D eigenvalue weighted by Crippen LogP contribution is 2.07. The number of ether oxygens (including phenoxy) is 1. The van der Waals surface area contributed by atoms with E-state index in [0.29, 0.717) is 0 Å². The summed E-state index contributed by atoms with van der Waals surface area (Å²) in [5.41, 5.74) is 0. The number of nitrogens with zero attached hydrogens (tertiary/aromatic N) is 2.